The molecule has 0 saturated carbocycles. The van der Waals surface area contributed by atoms with Crippen molar-refractivity contribution >= 4 is 17.4 Å². The monoisotopic (exact) mass is 341 g/mol. The van der Waals surface area contributed by atoms with Gasteiger partial charge >= 0.3 is 0 Å². The molecule has 0 N–H and O–H groups in total. The molecule has 0 amide bonds. The van der Waals surface area contributed by atoms with E-state index in [0.29, 0.717) is 5.16 Å². The number of nitro groups is 1. The molecule has 8 heteroatoms. The molecule has 7 nitrogen and oxygen atoms in total. The Balaban J connectivity index is 1.88. The lowest BCUT2D eigenvalue weighted by Crippen LogP contribution is -2.02. The number of hydrogen-bond donors (Lipinski definition) is 0. The predicted molar refractivity (Wildman–Crippen MR) is 91.3 cm³/mol. The molecule has 0 unspecified atom stereocenters. The number of non-ortho nitro benzene ring substituents is 1. The van der Waals surface area contributed by atoms with Crippen LogP contribution < -0.4 is 0 Å². The molecule has 0 spiro atoms. The largest absolute Gasteiger partial charge is 0.269 e. The first kappa shape index (κ1) is 16.1. The number of para-hydroxylation sites is 1. The molecule has 122 valence electrons. The van der Waals surface area contributed by atoms with Crippen molar-refractivity contribution < 1.29 is 4.92 Å². The fourth-order valence-corrected chi connectivity index (χ4v) is 3.24. The number of hydrogen-bond acceptors (Lipinski definition) is 6. The first-order valence-corrected chi connectivity index (χ1v) is 8.19. The molecule has 24 heavy (non-hydrogen) atoms. The maximum atomic E-state index is 10.9. The summed E-state index contributed by atoms with van der Waals surface area (Å²) in [6.07, 6.45) is 0. The van der Waals surface area contributed by atoms with E-state index in [9.17, 15) is 10.1 Å². The van der Waals surface area contributed by atoms with Crippen molar-refractivity contribution in [2.45, 2.75) is 24.3 Å². The lowest BCUT2D eigenvalue weighted by atomic mass is 10.1. The van der Waals surface area contributed by atoms with Crippen molar-refractivity contribution in [2.75, 3.05) is 0 Å². The Bertz CT molecular complexity index is 880. The average Bonchev–Trinajstić information content (AvgIpc) is 3.03. The summed E-state index contributed by atoms with van der Waals surface area (Å²) in [7, 11) is 0. The van der Waals surface area contributed by atoms with Gasteiger partial charge in [-0.25, -0.2) is 0 Å². The first-order valence-electron chi connectivity index (χ1n) is 7.31. The van der Waals surface area contributed by atoms with Crippen molar-refractivity contribution in [2.24, 2.45) is 0 Å². The molecule has 3 rings (SSSR count). The van der Waals surface area contributed by atoms with Gasteiger partial charge < -0.3 is 0 Å². The van der Waals surface area contributed by atoms with E-state index in [1.165, 1.54) is 17.8 Å². The van der Waals surface area contributed by atoms with Crippen LogP contribution >= 0.6 is 11.8 Å². The summed E-state index contributed by atoms with van der Waals surface area (Å²) in [5.74, 6) is 0. The maximum Gasteiger partial charge on any atom is 0.269 e. The minimum Gasteiger partial charge on any atom is -0.258 e. The molecule has 0 aliphatic rings. The number of aromatic nitrogens is 4. The topological polar surface area (TPSA) is 86.7 Å². The van der Waals surface area contributed by atoms with Gasteiger partial charge in [0.15, 0.2) is 0 Å². The van der Waals surface area contributed by atoms with E-state index in [-0.39, 0.29) is 10.9 Å². The Labute approximate surface area is 142 Å². The molecular formula is C16H15N5O2S. The summed E-state index contributed by atoms with van der Waals surface area (Å²) in [6, 6.07) is 14.5. The van der Waals surface area contributed by atoms with Crippen molar-refractivity contribution in [1.29, 1.82) is 0 Å². The Hall–Kier alpha value is -2.74. The van der Waals surface area contributed by atoms with Crippen LogP contribution in [0.5, 0.6) is 0 Å². The highest BCUT2D eigenvalue weighted by atomic mass is 32.2. The SMILES string of the molecule is Cc1ccccc1-n1nnnc1S[C@@H](C)c1cccc([N+](=O)[O-])c1. The van der Waals surface area contributed by atoms with Crippen LogP contribution in [-0.4, -0.2) is 25.1 Å². The minimum atomic E-state index is -0.391. The number of benzene rings is 2. The Kier molecular flexibility index (Phi) is 4.57. The van der Waals surface area contributed by atoms with E-state index in [0.717, 1.165) is 16.8 Å². The van der Waals surface area contributed by atoms with Gasteiger partial charge in [-0.05, 0) is 41.5 Å². The fourth-order valence-electron chi connectivity index (χ4n) is 2.32. The van der Waals surface area contributed by atoms with Crippen LogP contribution in [0, 0.1) is 17.0 Å². The van der Waals surface area contributed by atoms with Gasteiger partial charge in [0.2, 0.25) is 5.16 Å². The van der Waals surface area contributed by atoms with E-state index < -0.39 is 4.92 Å². The lowest BCUT2D eigenvalue weighted by Gasteiger charge is -2.12. The van der Waals surface area contributed by atoms with Gasteiger partial charge in [0.05, 0.1) is 10.6 Å². The molecule has 1 heterocycles. The van der Waals surface area contributed by atoms with Gasteiger partial charge in [0.25, 0.3) is 5.69 Å². The fraction of sp³-hybridized carbons (Fsp3) is 0.188. The molecule has 0 saturated heterocycles. The van der Waals surface area contributed by atoms with E-state index in [4.69, 9.17) is 0 Å². The second-order valence-corrected chi connectivity index (χ2v) is 6.58. The van der Waals surface area contributed by atoms with Gasteiger partial charge in [-0.3, -0.25) is 10.1 Å². The van der Waals surface area contributed by atoms with Gasteiger partial charge in [-0.2, -0.15) is 4.68 Å². The van der Waals surface area contributed by atoms with Crippen LogP contribution in [0.3, 0.4) is 0 Å². The maximum absolute atomic E-state index is 10.9. The van der Waals surface area contributed by atoms with Crippen LogP contribution in [0.1, 0.15) is 23.3 Å². The van der Waals surface area contributed by atoms with Crippen molar-refractivity contribution in [3.8, 4) is 5.69 Å². The number of nitro benzene ring substituents is 1. The highest BCUT2D eigenvalue weighted by molar-refractivity contribution is 7.99. The molecule has 0 aliphatic carbocycles. The number of rotatable bonds is 5. The molecule has 1 atom stereocenters. The number of nitrogens with zero attached hydrogens (tertiary/aromatic N) is 5. The van der Waals surface area contributed by atoms with Crippen LogP contribution in [0.15, 0.2) is 53.7 Å². The highest BCUT2D eigenvalue weighted by Crippen LogP contribution is 2.35. The zero-order valence-electron chi connectivity index (χ0n) is 13.2. The van der Waals surface area contributed by atoms with Crippen molar-refractivity contribution in [3.63, 3.8) is 0 Å². The number of thioether (sulfide) groups is 1. The molecule has 0 aliphatic heterocycles. The second kappa shape index (κ2) is 6.79. The van der Waals surface area contributed by atoms with E-state index in [2.05, 4.69) is 15.5 Å². The normalized spacial score (nSPS) is 12.1. The molecular weight excluding hydrogens is 326 g/mol. The van der Waals surface area contributed by atoms with Gasteiger partial charge in [-0.15, -0.1) is 5.10 Å². The summed E-state index contributed by atoms with van der Waals surface area (Å²) < 4.78 is 1.69. The summed E-state index contributed by atoms with van der Waals surface area (Å²) >= 11 is 1.46. The third-order valence-corrected chi connectivity index (χ3v) is 4.71. The van der Waals surface area contributed by atoms with Crippen LogP contribution in [0.2, 0.25) is 0 Å². The van der Waals surface area contributed by atoms with Gasteiger partial charge in [0.1, 0.15) is 0 Å². The summed E-state index contributed by atoms with van der Waals surface area (Å²) in [5, 5.41) is 23.5. The molecule has 0 radical (unpaired) electrons. The third kappa shape index (κ3) is 3.28. The molecule has 0 fully saturated rings. The lowest BCUT2D eigenvalue weighted by molar-refractivity contribution is -0.384. The minimum absolute atomic E-state index is 0.0290. The standard InChI is InChI=1S/C16H15N5O2S/c1-11-6-3-4-9-15(11)20-16(17-18-19-20)24-12(2)13-7-5-8-14(10-13)21(22)23/h3-10,12H,1-2H3/t12-/m0/s1. The average molecular weight is 341 g/mol. The van der Waals surface area contributed by atoms with Crippen LogP contribution in [0.4, 0.5) is 5.69 Å². The first-order chi connectivity index (χ1) is 11.6. The molecule has 0 bridgehead atoms. The van der Waals surface area contributed by atoms with E-state index >= 15 is 0 Å². The summed E-state index contributed by atoms with van der Waals surface area (Å²) in [4.78, 5) is 10.5. The highest BCUT2D eigenvalue weighted by Gasteiger charge is 2.17. The molecule has 1 aromatic heterocycles. The summed E-state index contributed by atoms with van der Waals surface area (Å²) in [6.45, 7) is 3.97. The van der Waals surface area contributed by atoms with E-state index in [1.807, 2.05) is 44.2 Å². The van der Waals surface area contributed by atoms with E-state index in [1.54, 1.807) is 16.8 Å². The molecule has 2 aromatic carbocycles. The Morgan fingerprint density at radius 2 is 2.00 bits per heavy atom. The van der Waals surface area contributed by atoms with Crippen molar-refractivity contribution in [3.05, 3.63) is 69.8 Å². The zero-order chi connectivity index (χ0) is 17.1. The quantitative estimate of drug-likeness (QED) is 0.399. The van der Waals surface area contributed by atoms with Crippen LogP contribution in [0.25, 0.3) is 5.69 Å². The van der Waals surface area contributed by atoms with Gasteiger partial charge in [0, 0.05) is 17.4 Å². The third-order valence-electron chi connectivity index (χ3n) is 3.62. The number of tetrazole rings is 1. The zero-order valence-corrected chi connectivity index (χ0v) is 14.0. The predicted octanol–water partition coefficient (Wildman–Crippen LogP) is 3.73. The summed E-state index contributed by atoms with van der Waals surface area (Å²) in [5.41, 5.74) is 2.91. The Morgan fingerprint density at radius 1 is 1.21 bits per heavy atom. The van der Waals surface area contributed by atoms with Crippen LogP contribution in [-0.2, 0) is 0 Å². The smallest absolute Gasteiger partial charge is 0.258 e. The van der Waals surface area contributed by atoms with Gasteiger partial charge in [-0.1, -0.05) is 42.1 Å². The second-order valence-electron chi connectivity index (χ2n) is 5.27. The Morgan fingerprint density at radius 3 is 2.75 bits per heavy atom. The number of aryl methyl sites for hydroxylation is 1. The molecule has 3 aromatic rings. The van der Waals surface area contributed by atoms with Crippen molar-refractivity contribution in [1.82, 2.24) is 20.2 Å².